The molecule has 7 aromatic carbocycles. The van der Waals surface area contributed by atoms with Crippen molar-refractivity contribution in [3.63, 3.8) is 0 Å². The highest BCUT2D eigenvalue weighted by Gasteiger charge is 2.25. The van der Waals surface area contributed by atoms with Crippen molar-refractivity contribution in [1.29, 1.82) is 0 Å². The van der Waals surface area contributed by atoms with E-state index in [2.05, 4.69) is 174 Å². The standard InChI is InChI=1S/C47H32N2/c1-29-11-10-14-34(23-29)48-45-22-21-32(25-39(45)40-24-30-12-2-3-13-31(30)28-46(40)48)33-26-41-36-16-5-4-15-35(36)37-17-6-8-19-43(37)49-44-20-9-7-18-38(44)42(27-33)47(41)49/h2-10,12-29H,11H2,1H3. The summed E-state index contributed by atoms with van der Waals surface area (Å²) in [6.07, 6.45) is 8.13. The van der Waals surface area contributed by atoms with Crippen LogP contribution in [0.25, 0.3) is 99.1 Å². The van der Waals surface area contributed by atoms with E-state index in [9.17, 15) is 0 Å². The molecule has 3 heterocycles. The van der Waals surface area contributed by atoms with Gasteiger partial charge in [-0.3, -0.25) is 0 Å². The largest absolute Gasteiger partial charge is 0.310 e. The molecule has 1 unspecified atom stereocenters. The van der Waals surface area contributed by atoms with Gasteiger partial charge in [0, 0.05) is 38.4 Å². The van der Waals surface area contributed by atoms with Gasteiger partial charge in [0.05, 0.1) is 27.8 Å². The first-order valence-electron chi connectivity index (χ1n) is 17.3. The van der Waals surface area contributed by atoms with Crippen molar-refractivity contribution < 1.29 is 0 Å². The Hall–Kier alpha value is -6.12. The number of fused-ring (bicyclic) bond motifs is 12. The number of nitrogens with zero attached hydrogens (tertiary/aromatic N) is 2. The molecule has 0 spiro atoms. The van der Waals surface area contributed by atoms with Gasteiger partial charge >= 0.3 is 0 Å². The molecule has 2 aliphatic rings. The molecule has 1 atom stereocenters. The zero-order valence-electron chi connectivity index (χ0n) is 27.2. The van der Waals surface area contributed by atoms with E-state index in [4.69, 9.17) is 0 Å². The lowest BCUT2D eigenvalue weighted by Crippen LogP contribution is -2.01. The van der Waals surface area contributed by atoms with Crippen LogP contribution in [-0.4, -0.2) is 9.13 Å². The maximum absolute atomic E-state index is 2.49. The van der Waals surface area contributed by atoms with Crippen molar-refractivity contribution in [2.45, 2.75) is 13.3 Å². The van der Waals surface area contributed by atoms with Crippen molar-refractivity contribution in [2.75, 3.05) is 0 Å². The lowest BCUT2D eigenvalue weighted by Gasteiger charge is -2.16. The Kier molecular flexibility index (Phi) is 5.46. The Balaban J connectivity index is 1.23. The van der Waals surface area contributed by atoms with Crippen molar-refractivity contribution in [3.05, 3.63) is 158 Å². The van der Waals surface area contributed by atoms with Gasteiger partial charge in [0.25, 0.3) is 0 Å². The third-order valence-corrected chi connectivity index (χ3v) is 10.9. The predicted molar refractivity (Wildman–Crippen MR) is 208 cm³/mol. The zero-order chi connectivity index (χ0) is 32.2. The maximum atomic E-state index is 2.49. The summed E-state index contributed by atoms with van der Waals surface area (Å²) in [5, 5.41) is 7.68. The summed E-state index contributed by atoms with van der Waals surface area (Å²) in [6.45, 7) is 2.31. The van der Waals surface area contributed by atoms with Gasteiger partial charge in [-0.25, -0.2) is 0 Å². The second-order valence-corrected chi connectivity index (χ2v) is 13.8. The molecule has 49 heavy (non-hydrogen) atoms. The van der Waals surface area contributed by atoms with Crippen LogP contribution in [0.1, 0.15) is 13.3 Å². The van der Waals surface area contributed by atoms with E-state index in [1.54, 1.807) is 0 Å². The van der Waals surface area contributed by atoms with Crippen molar-refractivity contribution >= 4 is 60.1 Å². The number of rotatable bonds is 2. The van der Waals surface area contributed by atoms with Gasteiger partial charge in [0.2, 0.25) is 0 Å². The van der Waals surface area contributed by atoms with Crippen molar-refractivity contribution in [1.82, 2.24) is 9.13 Å². The predicted octanol–water partition coefficient (Wildman–Crippen LogP) is 12.8. The number of hydrogen-bond donors (Lipinski definition) is 0. The van der Waals surface area contributed by atoms with Crippen LogP contribution in [0.5, 0.6) is 0 Å². The lowest BCUT2D eigenvalue weighted by molar-refractivity contribution is 0.735. The average molecular weight is 625 g/mol. The Morgan fingerprint density at radius 1 is 0.490 bits per heavy atom. The van der Waals surface area contributed by atoms with Gasteiger partial charge in [-0.05, 0) is 100.0 Å². The molecule has 0 N–H and O–H groups in total. The molecular formula is C47H32N2. The summed E-state index contributed by atoms with van der Waals surface area (Å²) in [5.74, 6) is 0.510. The summed E-state index contributed by atoms with van der Waals surface area (Å²) in [7, 11) is 0. The maximum Gasteiger partial charge on any atom is 0.0620 e. The molecule has 2 heteroatoms. The molecule has 230 valence electrons. The number of para-hydroxylation sites is 2. The van der Waals surface area contributed by atoms with Crippen molar-refractivity contribution in [2.24, 2.45) is 5.92 Å². The molecular weight excluding hydrogens is 593 g/mol. The number of aromatic nitrogens is 2. The van der Waals surface area contributed by atoms with Crippen LogP contribution in [0.4, 0.5) is 0 Å². The lowest BCUT2D eigenvalue weighted by atomic mass is 9.91. The molecule has 0 bridgehead atoms. The topological polar surface area (TPSA) is 9.86 Å². The Morgan fingerprint density at radius 2 is 1.16 bits per heavy atom. The number of allylic oxidation sites excluding steroid dienone is 4. The molecule has 2 aromatic heterocycles. The van der Waals surface area contributed by atoms with Gasteiger partial charge in [-0.2, -0.15) is 0 Å². The van der Waals surface area contributed by atoms with Gasteiger partial charge in [-0.15, -0.1) is 0 Å². The number of hydrogen-bond acceptors (Lipinski definition) is 0. The average Bonchev–Trinajstić information content (AvgIpc) is 3.61. The zero-order valence-corrected chi connectivity index (χ0v) is 27.2. The first-order chi connectivity index (χ1) is 24.2. The molecule has 0 saturated carbocycles. The molecule has 1 aliphatic carbocycles. The fraction of sp³-hybridized carbons (Fsp3) is 0.0638. The minimum absolute atomic E-state index is 0.510. The Morgan fingerprint density at radius 3 is 2.02 bits per heavy atom. The highest BCUT2D eigenvalue weighted by atomic mass is 15.0. The van der Waals surface area contributed by atoms with Crippen LogP contribution in [0.3, 0.4) is 0 Å². The van der Waals surface area contributed by atoms with Crippen LogP contribution < -0.4 is 0 Å². The van der Waals surface area contributed by atoms with Gasteiger partial charge < -0.3 is 9.13 Å². The molecule has 9 aromatic rings. The van der Waals surface area contributed by atoms with Crippen molar-refractivity contribution in [3.8, 4) is 39.1 Å². The number of benzene rings is 7. The first-order valence-corrected chi connectivity index (χ1v) is 17.3. The van der Waals surface area contributed by atoms with Crippen LogP contribution in [0.15, 0.2) is 158 Å². The highest BCUT2D eigenvalue weighted by Crippen LogP contribution is 2.48. The van der Waals surface area contributed by atoms with E-state index < -0.39 is 0 Å². The fourth-order valence-corrected chi connectivity index (χ4v) is 8.70. The van der Waals surface area contributed by atoms with Gasteiger partial charge in [-0.1, -0.05) is 110 Å². The minimum Gasteiger partial charge on any atom is -0.310 e. The van der Waals surface area contributed by atoms with Gasteiger partial charge in [0.1, 0.15) is 0 Å². The highest BCUT2D eigenvalue weighted by molar-refractivity contribution is 6.19. The SMILES string of the molecule is CC1C=C(n2c3ccc(-c4cc5c6c(c4)c4ccccc4n6-c4ccccc4-c4ccccc4-5)cc3c3cc4ccccc4cc32)C=CC1. The molecule has 0 amide bonds. The smallest absolute Gasteiger partial charge is 0.0620 e. The van der Waals surface area contributed by atoms with Gasteiger partial charge in [0.15, 0.2) is 0 Å². The molecule has 11 rings (SSSR count). The summed E-state index contributed by atoms with van der Waals surface area (Å²) in [4.78, 5) is 0. The monoisotopic (exact) mass is 624 g/mol. The summed E-state index contributed by atoms with van der Waals surface area (Å²) in [5.41, 5.74) is 15.1. The summed E-state index contributed by atoms with van der Waals surface area (Å²) in [6, 6.07) is 52.2. The van der Waals surface area contributed by atoms with Crippen LogP contribution in [-0.2, 0) is 0 Å². The molecule has 0 fully saturated rings. The van der Waals surface area contributed by atoms with E-state index in [1.165, 1.54) is 99.1 Å². The quantitative estimate of drug-likeness (QED) is 0.181. The van der Waals surface area contributed by atoms with E-state index in [1.807, 2.05) is 0 Å². The third-order valence-electron chi connectivity index (χ3n) is 10.9. The second kappa shape index (κ2) is 9.95. The fourth-order valence-electron chi connectivity index (χ4n) is 8.70. The second-order valence-electron chi connectivity index (χ2n) is 13.8. The Bertz CT molecular complexity index is 2930. The summed E-state index contributed by atoms with van der Waals surface area (Å²) >= 11 is 0. The molecule has 1 aliphatic heterocycles. The molecule has 2 nitrogen and oxygen atoms in total. The molecule has 0 saturated heterocycles. The molecule has 0 radical (unpaired) electrons. The third kappa shape index (κ3) is 3.77. The van der Waals surface area contributed by atoms with E-state index >= 15 is 0 Å². The Labute approximate surface area is 284 Å². The first kappa shape index (κ1) is 26.9. The summed E-state index contributed by atoms with van der Waals surface area (Å²) < 4.78 is 4.97. The van der Waals surface area contributed by atoms with E-state index in [0.29, 0.717) is 5.92 Å². The van der Waals surface area contributed by atoms with E-state index in [0.717, 1.165) is 6.42 Å². The van der Waals surface area contributed by atoms with Crippen LogP contribution in [0.2, 0.25) is 0 Å². The van der Waals surface area contributed by atoms with Crippen LogP contribution >= 0.6 is 0 Å². The van der Waals surface area contributed by atoms with Crippen LogP contribution in [0, 0.1) is 5.92 Å². The normalized spacial score (nSPS) is 15.2. The van der Waals surface area contributed by atoms with E-state index in [-0.39, 0.29) is 0 Å². The minimum atomic E-state index is 0.510.